The summed E-state index contributed by atoms with van der Waals surface area (Å²) >= 11 is 0. The van der Waals surface area contributed by atoms with E-state index >= 15 is 0 Å². The summed E-state index contributed by atoms with van der Waals surface area (Å²) in [6.45, 7) is 0.0181. The van der Waals surface area contributed by atoms with Crippen LogP contribution in [0.4, 0.5) is 10.1 Å². The van der Waals surface area contributed by atoms with Crippen molar-refractivity contribution in [3.63, 3.8) is 0 Å². The zero-order valence-electron chi connectivity index (χ0n) is 10.4. The lowest BCUT2D eigenvalue weighted by Gasteiger charge is -2.26. The Bertz CT molecular complexity index is 654. The fraction of sp³-hybridized carbons (Fsp3) is 0.133. The molecule has 1 heterocycles. The van der Waals surface area contributed by atoms with Crippen molar-refractivity contribution in [3.8, 4) is 16.9 Å². The van der Waals surface area contributed by atoms with Gasteiger partial charge in [0, 0.05) is 12.6 Å². The molecule has 0 atom stereocenters. The monoisotopic (exact) mass is 257 g/mol. The molecule has 0 unspecified atom stereocenters. The van der Waals surface area contributed by atoms with Crippen LogP contribution >= 0.6 is 0 Å². The van der Waals surface area contributed by atoms with Gasteiger partial charge in [-0.05, 0) is 23.8 Å². The normalized spacial score (nSPS) is 14.0. The third-order valence-electron chi connectivity index (χ3n) is 3.23. The zero-order valence-corrected chi connectivity index (χ0v) is 10.4. The minimum Gasteiger partial charge on any atom is -0.482 e. The summed E-state index contributed by atoms with van der Waals surface area (Å²) in [5.41, 5.74) is 1.96. The smallest absolute Gasteiger partial charge is 0.264 e. The van der Waals surface area contributed by atoms with Crippen molar-refractivity contribution in [2.75, 3.05) is 18.6 Å². The lowest BCUT2D eigenvalue weighted by molar-refractivity contribution is -0.120. The molecule has 0 fully saturated rings. The minimum atomic E-state index is -0.275. The molecule has 96 valence electrons. The van der Waals surface area contributed by atoms with Gasteiger partial charge in [-0.3, -0.25) is 4.79 Å². The number of amides is 1. The maximum absolute atomic E-state index is 13.7. The Labute approximate surface area is 110 Å². The predicted molar refractivity (Wildman–Crippen MR) is 70.7 cm³/mol. The first-order valence-corrected chi connectivity index (χ1v) is 5.95. The Morgan fingerprint density at radius 2 is 2.00 bits per heavy atom. The van der Waals surface area contributed by atoms with E-state index < -0.39 is 0 Å². The van der Waals surface area contributed by atoms with Crippen molar-refractivity contribution in [1.82, 2.24) is 0 Å². The van der Waals surface area contributed by atoms with Crippen LogP contribution in [0, 0.1) is 5.82 Å². The molecule has 0 saturated carbocycles. The van der Waals surface area contributed by atoms with Gasteiger partial charge in [0.15, 0.2) is 6.61 Å². The van der Waals surface area contributed by atoms with Gasteiger partial charge in [-0.15, -0.1) is 0 Å². The number of halogens is 1. The van der Waals surface area contributed by atoms with Gasteiger partial charge in [0.05, 0.1) is 5.69 Å². The van der Waals surface area contributed by atoms with E-state index in [1.165, 1.54) is 6.07 Å². The SMILES string of the molecule is CN1C(=O)COc2cc(-c3ccccc3F)ccc21. The molecule has 1 aliphatic rings. The van der Waals surface area contributed by atoms with E-state index in [1.807, 2.05) is 0 Å². The van der Waals surface area contributed by atoms with E-state index in [1.54, 1.807) is 48.3 Å². The second kappa shape index (κ2) is 4.39. The second-order valence-corrected chi connectivity index (χ2v) is 4.40. The molecule has 1 amide bonds. The fourth-order valence-corrected chi connectivity index (χ4v) is 2.14. The van der Waals surface area contributed by atoms with Crippen molar-refractivity contribution in [2.24, 2.45) is 0 Å². The lowest BCUT2D eigenvalue weighted by atomic mass is 10.0. The highest BCUT2D eigenvalue weighted by Crippen LogP contribution is 2.35. The molecular weight excluding hydrogens is 245 g/mol. The number of ether oxygens (including phenoxy) is 1. The summed E-state index contributed by atoms with van der Waals surface area (Å²) < 4.78 is 19.1. The van der Waals surface area contributed by atoms with Crippen molar-refractivity contribution < 1.29 is 13.9 Å². The van der Waals surface area contributed by atoms with Gasteiger partial charge in [0.1, 0.15) is 11.6 Å². The molecule has 0 saturated heterocycles. The van der Waals surface area contributed by atoms with Crippen molar-refractivity contribution in [2.45, 2.75) is 0 Å². The van der Waals surface area contributed by atoms with Crippen LogP contribution in [0.15, 0.2) is 42.5 Å². The summed E-state index contributed by atoms with van der Waals surface area (Å²) in [5.74, 6) is 0.233. The second-order valence-electron chi connectivity index (χ2n) is 4.40. The van der Waals surface area contributed by atoms with E-state index in [9.17, 15) is 9.18 Å². The van der Waals surface area contributed by atoms with Crippen LogP contribution in [0.3, 0.4) is 0 Å². The number of likely N-dealkylation sites (N-methyl/N-ethyl adjacent to an activating group) is 1. The standard InChI is InChI=1S/C15H12FNO2/c1-17-13-7-6-10(8-14(13)19-9-15(17)18)11-4-2-3-5-12(11)16/h2-8H,9H2,1H3. The average Bonchev–Trinajstić information content (AvgIpc) is 2.43. The predicted octanol–water partition coefficient (Wildman–Crippen LogP) is 2.85. The van der Waals surface area contributed by atoms with E-state index in [4.69, 9.17) is 4.74 Å². The quantitative estimate of drug-likeness (QED) is 0.786. The molecule has 0 aromatic heterocycles. The van der Waals surface area contributed by atoms with Crippen LogP contribution in [0.5, 0.6) is 5.75 Å². The van der Waals surface area contributed by atoms with E-state index in [0.717, 1.165) is 5.56 Å². The summed E-state index contributed by atoms with van der Waals surface area (Å²) in [6.07, 6.45) is 0. The van der Waals surface area contributed by atoms with Gasteiger partial charge in [0.2, 0.25) is 0 Å². The van der Waals surface area contributed by atoms with Gasteiger partial charge >= 0.3 is 0 Å². The first kappa shape index (κ1) is 11.7. The summed E-state index contributed by atoms with van der Waals surface area (Å²) in [7, 11) is 1.70. The number of anilines is 1. The molecule has 3 rings (SSSR count). The van der Waals surface area contributed by atoms with Crippen LogP contribution in [0.2, 0.25) is 0 Å². The van der Waals surface area contributed by atoms with Gasteiger partial charge in [-0.25, -0.2) is 4.39 Å². The highest BCUT2D eigenvalue weighted by atomic mass is 19.1. The average molecular weight is 257 g/mol. The number of nitrogens with zero attached hydrogens (tertiary/aromatic N) is 1. The van der Waals surface area contributed by atoms with Gasteiger partial charge in [-0.1, -0.05) is 24.3 Å². The molecule has 2 aromatic carbocycles. The summed E-state index contributed by atoms with van der Waals surface area (Å²) in [5, 5.41) is 0. The Morgan fingerprint density at radius 3 is 2.79 bits per heavy atom. The molecule has 1 aliphatic heterocycles. The van der Waals surface area contributed by atoms with Crippen LogP contribution in [-0.4, -0.2) is 19.6 Å². The molecule has 3 nitrogen and oxygen atoms in total. The Balaban J connectivity index is 2.08. The van der Waals surface area contributed by atoms with Gasteiger partial charge in [0.25, 0.3) is 5.91 Å². The number of carbonyl (C=O) groups is 1. The third kappa shape index (κ3) is 1.95. The summed E-state index contributed by atoms with van der Waals surface area (Å²) in [6, 6.07) is 11.9. The number of carbonyl (C=O) groups excluding carboxylic acids is 1. The van der Waals surface area contributed by atoms with Gasteiger partial charge in [-0.2, -0.15) is 0 Å². The Hall–Kier alpha value is -2.36. The first-order chi connectivity index (χ1) is 9.16. The van der Waals surface area contributed by atoms with Crippen LogP contribution in [0.1, 0.15) is 0 Å². The molecule has 0 spiro atoms. The topological polar surface area (TPSA) is 29.5 Å². The number of hydrogen-bond acceptors (Lipinski definition) is 2. The molecule has 0 bridgehead atoms. The molecule has 4 heteroatoms. The van der Waals surface area contributed by atoms with Crippen molar-refractivity contribution in [1.29, 1.82) is 0 Å². The lowest BCUT2D eigenvalue weighted by Crippen LogP contribution is -2.35. The van der Waals surface area contributed by atoms with Crippen LogP contribution in [0.25, 0.3) is 11.1 Å². The molecule has 0 aliphatic carbocycles. The number of hydrogen-bond donors (Lipinski definition) is 0. The number of fused-ring (bicyclic) bond motifs is 1. The number of benzene rings is 2. The molecular formula is C15H12FNO2. The van der Waals surface area contributed by atoms with Gasteiger partial charge < -0.3 is 9.64 Å². The first-order valence-electron chi connectivity index (χ1n) is 5.95. The third-order valence-corrected chi connectivity index (χ3v) is 3.23. The van der Waals surface area contributed by atoms with E-state index in [-0.39, 0.29) is 18.3 Å². The minimum absolute atomic E-state index is 0.0181. The van der Waals surface area contributed by atoms with E-state index in [2.05, 4.69) is 0 Å². The van der Waals surface area contributed by atoms with Crippen molar-refractivity contribution >= 4 is 11.6 Å². The van der Waals surface area contributed by atoms with Crippen LogP contribution < -0.4 is 9.64 Å². The van der Waals surface area contributed by atoms with E-state index in [0.29, 0.717) is 17.0 Å². The highest BCUT2D eigenvalue weighted by molar-refractivity contribution is 5.97. The molecule has 2 aromatic rings. The molecule has 19 heavy (non-hydrogen) atoms. The largest absolute Gasteiger partial charge is 0.482 e. The van der Waals surface area contributed by atoms with Crippen molar-refractivity contribution in [3.05, 3.63) is 48.3 Å². The zero-order chi connectivity index (χ0) is 13.4. The molecule has 0 radical (unpaired) electrons. The number of rotatable bonds is 1. The highest BCUT2D eigenvalue weighted by Gasteiger charge is 2.22. The maximum atomic E-state index is 13.7. The summed E-state index contributed by atoms with van der Waals surface area (Å²) in [4.78, 5) is 13.1. The Kier molecular flexibility index (Phi) is 2.71. The molecule has 0 N–H and O–H groups in total. The Morgan fingerprint density at radius 1 is 1.21 bits per heavy atom. The maximum Gasteiger partial charge on any atom is 0.264 e. The fourth-order valence-electron chi connectivity index (χ4n) is 2.14. The van der Waals surface area contributed by atoms with Crippen LogP contribution in [-0.2, 0) is 4.79 Å².